The molecule has 2 rings (SSSR count). The van der Waals surface area contributed by atoms with E-state index in [9.17, 15) is 13.2 Å². The summed E-state index contributed by atoms with van der Waals surface area (Å²) in [5.74, 6) is -1.28. The molecule has 0 aromatic carbocycles. The molecule has 1 saturated carbocycles. The molecule has 2 N–H and O–H groups in total. The Labute approximate surface area is 77.3 Å². The molecule has 0 unspecified atom stereocenters. The second-order valence-corrected chi connectivity index (χ2v) is 3.55. The second kappa shape index (κ2) is 2.69. The molecule has 0 atom stereocenters. The van der Waals surface area contributed by atoms with Gasteiger partial charge in [0.1, 0.15) is 0 Å². The lowest BCUT2D eigenvalue weighted by atomic mass is 10.2. The van der Waals surface area contributed by atoms with E-state index in [-0.39, 0.29) is 12.3 Å². The largest absolute Gasteiger partial charge is 0.455 e. The Morgan fingerprint density at radius 2 is 2.07 bits per heavy atom. The Morgan fingerprint density at radius 1 is 1.43 bits per heavy atom. The number of aromatic nitrogens is 2. The summed E-state index contributed by atoms with van der Waals surface area (Å²) < 4.78 is 40.5. The van der Waals surface area contributed by atoms with Gasteiger partial charge in [0.2, 0.25) is 5.89 Å². The maximum atomic E-state index is 12.0. The first-order valence-corrected chi connectivity index (χ1v) is 4.08. The van der Waals surface area contributed by atoms with E-state index in [4.69, 9.17) is 5.73 Å². The average molecular weight is 207 g/mol. The topological polar surface area (TPSA) is 64.9 Å². The van der Waals surface area contributed by atoms with Gasteiger partial charge in [0.05, 0.1) is 0 Å². The lowest BCUT2D eigenvalue weighted by Crippen LogP contribution is -2.24. The van der Waals surface area contributed by atoms with Gasteiger partial charge in [-0.2, -0.15) is 18.2 Å². The van der Waals surface area contributed by atoms with Crippen LogP contribution in [0.3, 0.4) is 0 Å². The van der Waals surface area contributed by atoms with Gasteiger partial charge in [0.15, 0.2) is 0 Å². The predicted octanol–water partition coefficient (Wildman–Crippen LogP) is 1.12. The molecule has 0 amide bonds. The second-order valence-electron chi connectivity index (χ2n) is 3.55. The van der Waals surface area contributed by atoms with Crippen LogP contribution in [0.15, 0.2) is 4.52 Å². The van der Waals surface area contributed by atoms with Gasteiger partial charge in [-0.3, -0.25) is 0 Å². The van der Waals surface area contributed by atoms with Crippen LogP contribution in [-0.4, -0.2) is 15.7 Å². The minimum Gasteiger partial charge on any atom is -0.339 e. The van der Waals surface area contributed by atoms with Crippen LogP contribution < -0.4 is 5.73 Å². The summed E-state index contributed by atoms with van der Waals surface area (Å²) in [6, 6.07) is 0. The van der Waals surface area contributed by atoms with E-state index >= 15 is 0 Å². The van der Waals surface area contributed by atoms with Crippen molar-refractivity contribution in [3.05, 3.63) is 11.7 Å². The first kappa shape index (κ1) is 9.45. The average Bonchev–Trinajstić information content (AvgIpc) is 2.61. The third-order valence-corrected chi connectivity index (χ3v) is 2.12. The van der Waals surface area contributed by atoms with Crippen LogP contribution in [0.25, 0.3) is 0 Å². The van der Waals surface area contributed by atoms with Gasteiger partial charge < -0.3 is 10.3 Å². The van der Waals surface area contributed by atoms with Crippen LogP contribution in [0.2, 0.25) is 0 Å². The number of nitrogens with two attached hydrogens (primary N) is 1. The summed E-state index contributed by atoms with van der Waals surface area (Å²) in [5.41, 5.74) is 5.27. The molecule has 0 aliphatic heterocycles. The maximum Gasteiger partial charge on any atom is 0.455 e. The van der Waals surface area contributed by atoms with Crippen molar-refractivity contribution in [2.75, 3.05) is 0 Å². The number of rotatable bonds is 2. The highest BCUT2D eigenvalue weighted by Crippen LogP contribution is 2.35. The van der Waals surface area contributed by atoms with E-state index in [0.717, 1.165) is 12.8 Å². The first-order valence-electron chi connectivity index (χ1n) is 4.08. The van der Waals surface area contributed by atoms with Crippen molar-refractivity contribution in [2.45, 2.75) is 31.0 Å². The van der Waals surface area contributed by atoms with Crippen molar-refractivity contribution in [1.82, 2.24) is 10.1 Å². The number of nitrogens with zero attached hydrogens (tertiary/aromatic N) is 2. The lowest BCUT2D eigenvalue weighted by Gasteiger charge is -2.01. The molecule has 0 bridgehead atoms. The normalized spacial score (nSPS) is 19.7. The van der Waals surface area contributed by atoms with Crippen LogP contribution in [0.4, 0.5) is 13.2 Å². The van der Waals surface area contributed by atoms with E-state index in [1.807, 2.05) is 0 Å². The van der Waals surface area contributed by atoms with Crippen LogP contribution in [0.1, 0.15) is 24.6 Å². The third-order valence-electron chi connectivity index (χ3n) is 2.12. The highest BCUT2D eigenvalue weighted by Gasteiger charge is 2.42. The summed E-state index contributed by atoms with van der Waals surface area (Å²) in [4.78, 5) is 3.22. The summed E-state index contributed by atoms with van der Waals surface area (Å²) >= 11 is 0. The zero-order valence-electron chi connectivity index (χ0n) is 7.14. The van der Waals surface area contributed by atoms with Crippen molar-refractivity contribution < 1.29 is 17.7 Å². The predicted molar refractivity (Wildman–Crippen MR) is 39.2 cm³/mol. The lowest BCUT2D eigenvalue weighted by molar-refractivity contribution is -0.146. The standard InChI is InChI=1S/C7H8F3N3O/c8-7(9,10)5-12-4(14-13-5)3-6(11)1-2-6/h1-3,11H2. The molecule has 78 valence electrons. The molecule has 1 aromatic rings. The summed E-state index contributed by atoms with van der Waals surface area (Å²) in [6.07, 6.45) is -2.75. The third kappa shape index (κ3) is 1.87. The van der Waals surface area contributed by atoms with Gasteiger partial charge in [-0.1, -0.05) is 5.16 Å². The Morgan fingerprint density at radius 3 is 2.50 bits per heavy atom. The van der Waals surface area contributed by atoms with Gasteiger partial charge in [0, 0.05) is 12.0 Å². The number of hydrogen-bond acceptors (Lipinski definition) is 4. The highest BCUT2D eigenvalue weighted by atomic mass is 19.4. The van der Waals surface area contributed by atoms with Gasteiger partial charge >= 0.3 is 6.18 Å². The van der Waals surface area contributed by atoms with E-state index in [0.29, 0.717) is 0 Å². The molecular formula is C7H8F3N3O. The summed E-state index contributed by atoms with van der Waals surface area (Å²) in [6.45, 7) is 0. The van der Waals surface area contributed by atoms with Crippen molar-refractivity contribution >= 4 is 0 Å². The zero-order chi connectivity index (χ0) is 10.4. The molecule has 4 nitrogen and oxygen atoms in total. The first-order chi connectivity index (χ1) is 6.39. The van der Waals surface area contributed by atoms with Crippen LogP contribution in [0, 0.1) is 0 Å². The minimum atomic E-state index is -4.55. The van der Waals surface area contributed by atoms with Gasteiger partial charge in [0.25, 0.3) is 5.82 Å². The zero-order valence-corrected chi connectivity index (χ0v) is 7.14. The van der Waals surface area contributed by atoms with Gasteiger partial charge in [-0.05, 0) is 12.8 Å². The highest BCUT2D eigenvalue weighted by molar-refractivity contribution is 5.05. The maximum absolute atomic E-state index is 12.0. The van der Waals surface area contributed by atoms with Crippen molar-refractivity contribution in [3.8, 4) is 0 Å². The summed E-state index contributed by atoms with van der Waals surface area (Å²) in [7, 11) is 0. The molecule has 0 radical (unpaired) electrons. The Balaban J connectivity index is 2.10. The van der Waals surface area contributed by atoms with Crippen molar-refractivity contribution in [3.63, 3.8) is 0 Å². The fourth-order valence-electron chi connectivity index (χ4n) is 1.08. The van der Waals surface area contributed by atoms with E-state index in [1.54, 1.807) is 0 Å². The Kier molecular flexibility index (Phi) is 1.82. The summed E-state index contributed by atoms with van der Waals surface area (Å²) in [5, 5.41) is 2.83. The van der Waals surface area contributed by atoms with E-state index < -0.39 is 17.5 Å². The molecule has 1 aliphatic carbocycles. The molecule has 1 aromatic heterocycles. The van der Waals surface area contributed by atoms with Gasteiger partial charge in [-0.15, -0.1) is 0 Å². The number of halogens is 3. The quantitative estimate of drug-likeness (QED) is 0.789. The number of alkyl halides is 3. The molecule has 1 heterocycles. The van der Waals surface area contributed by atoms with Crippen molar-refractivity contribution in [2.24, 2.45) is 5.73 Å². The van der Waals surface area contributed by atoms with Crippen LogP contribution in [-0.2, 0) is 12.6 Å². The smallest absolute Gasteiger partial charge is 0.339 e. The molecule has 0 spiro atoms. The molecule has 7 heteroatoms. The van der Waals surface area contributed by atoms with Crippen LogP contribution >= 0.6 is 0 Å². The SMILES string of the molecule is NC1(Cc2nc(C(F)(F)F)no2)CC1. The molecule has 1 fully saturated rings. The Bertz CT molecular complexity index is 342. The van der Waals surface area contributed by atoms with Gasteiger partial charge in [-0.25, -0.2) is 0 Å². The molecule has 14 heavy (non-hydrogen) atoms. The fourth-order valence-corrected chi connectivity index (χ4v) is 1.08. The minimum absolute atomic E-state index is 0.0441. The molecular weight excluding hydrogens is 199 g/mol. The van der Waals surface area contributed by atoms with Crippen LogP contribution in [0.5, 0.6) is 0 Å². The number of hydrogen-bond donors (Lipinski definition) is 1. The molecule has 0 saturated heterocycles. The Hall–Kier alpha value is -1.11. The fraction of sp³-hybridized carbons (Fsp3) is 0.714. The van der Waals surface area contributed by atoms with E-state index in [1.165, 1.54) is 0 Å². The van der Waals surface area contributed by atoms with E-state index in [2.05, 4.69) is 14.7 Å². The van der Waals surface area contributed by atoms with Crippen molar-refractivity contribution in [1.29, 1.82) is 0 Å². The molecule has 1 aliphatic rings. The monoisotopic (exact) mass is 207 g/mol.